The van der Waals surface area contributed by atoms with Crippen molar-refractivity contribution in [3.8, 4) is 0 Å². The predicted molar refractivity (Wildman–Crippen MR) is 11.7 cm³/mol. The summed E-state index contributed by atoms with van der Waals surface area (Å²) in [5.74, 6) is 0. The second-order valence-electron chi connectivity index (χ2n) is 0.250. The van der Waals surface area contributed by atoms with Crippen LogP contribution in [0.2, 0.25) is 0 Å². The molecule has 0 rings (SSSR count). The maximum Gasteiger partial charge on any atom is 1.00 e. The van der Waals surface area contributed by atoms with Crippen LogP contribution >= 0.6 is 0 Å². The van der Waals surface area contributed by atoms with Crippen molar-refractivity contribution in [1.82, 2.24) is 0 Å². The molecule has 0 saturated carbocycles. The Hall–Kier alpha value is 1.54. The van der Waals surface area contributed by atoms with E-state index in [1.807, 2.05) is 0 Å². The van der Waals surface area contributed by atoms with E-state index < -0.39 is 9.17 Å². The Balaban J connectivity index is -0.0000000183. The first-order chi connectivity index (χ1) is 2.73. The summed E-state index contributed by atoms with van der Waals surface area (Å²) in [5.41, 5.74) is 0. The van der Waals surface area contributed by atoms with Crippen molar-refractivity contribution in [2.75, 3.05) is 0 Å². The molecule has 0 bridgehead atoms. The maximum absolute atomic E-state index is 8.52. The second kappa shape index (κ2) is 23.6. The van der Waals surface area contributed by atoms with E-state index in [9.17, 15) is 0 Å². The normalized spacial score (nSPS) is 3.75. The summed E-state index contributed by atoms with van der Waals surface area (Å²) in [6.45, 7) is 0. The predicted octanol–water partition coefficient (Wildman–Crippen LogP) is -8.85. The van der Waals surface area contributed by atoms with E-state index in [0.29, 0.717) is 0 Å². The molecule has 0 fully saturated rings. The van der Waals surface area contributed by atoms with Crippen LogP contribution in [0.5, 0.6) is 0 Å². The third kappa shape index (κ3) is 136. The first-order valence-electron chi connectivity index (χ1n) is 0.812. The van der Waals surface area contributed by atoms with Gasteiger partial charge in [-0.1, -0.05) is 0 Å². The fourth-order valence-electron chi connectivity index (χ4n) is 0. The Bertz CT molecular complexity index is 33.4. The summed E-state index contributed by atoms with van der Waals surface area (Å²) >= 11 is 0. The van der Waals surface area contributed by atoms with Crippen molar-refractivity contribution in [3.05, 3.63) is 0 Å². The number of hydrogen-bond donors (Lipinski definition) is 2. The molecule has 8 heavy (non-hydrogen) atoms. The first-order valence-corrected chi connectivity index (χ1v) is 2.04. The molecule has 0 saturated heterocycles. The van der Waals surface area contributed by atoms with E-state index in [4.69, 9.17) is 24.6 Å². The molecule has 8 heteroatoms. The minimum absolute atomic E-state index is 0. The standard InChI is InChI=1S/2Na.O3Si.H2O2/c;;1-4(2)3;1-2/h;;;1-2H/q2*+1;-2;. The largest absolute Gasteiger partial charge is 1.00 e. The first kappa shape index (κ1) is 22.7. The minimum atomic E-state index is -3.63. The van der Waals surface area contributed by atoms with E-state index in [1.54, 1.807) is 0 Å². The minimum Gasteiger partial charge on any atom is -0.672 e. The van der Waals surface area contributed by atoms with Crippen molar-refractivity contribution < 1.29 is 83.7 Å². The van der Waals surface area contributed by atoms with Gasteiger partial charge < -0.3 is 14.1 Å². The van der Waals surface area contributed by atoms with Crippen LogP contribution in [0.4, 0.5) is 0 Å². The van der Waals surface area contributed by atoms with Gasteiger partial charge in [-0.15, -0.1) is 0 Å². The van der Waals surface area contributed by atoms with Crippen molar-refractivity contribution in [2.45, 2.75) is 0 Å². The van der Waals surface area contributed by atoms with Gasteiger partial charge in [0, 0.05) is 9.17 Å². The zero-order valence-electron chi connectivity index (χ0n) is 4.62. The third-order valence-corrected chi connectivity index (χ3v) is 0. The van der Waals surface area contributed by atoms with Crippen LogP contribution in [0.3, 0.4) is 0 Å². The van der Waals surface area contributed by atoms with Crippen LogP contribution in [0.15, 0.2) is 0 Å². The van der Waals surface area contributed by atoms with E-state index in [1.165, 1.54) is 0 Å². The second-order valence-corrected chi connectivity index (χ2v) is 0.750. The number of rotatable bonds is 0. The fourth-order valence-corrected chi connectivity index (χ4v) is 0. The molecule has 0 atom stereocenters. The molecule has 0 radical (unpaired) electrons. The third-order valence-electron chi connectivity index (χ3n) is 0. The summed E-state index contributed by atoms with van der Waals surface area (Å²) in [6, 6.07) is 0. The average Bonchev–Trinajstić information content (AvgIpc) is 1.41. The molecule has 0 aromatic heterocycles. The van der Waals surface area contributed by atoms with Gasteiger partial charge in [0.1, 0.15) is 0 Å². The van der Waals surface area contributed by atoms with Crippen LogP contribution in [0.25, 0.3) is 0 Å². The van der Waals surface area contributed by atoms with E-state index in [-0.39, 0.29) is 59.1 Å². The molecule has 0 aromatic carbocycles. The summed E-state index contributed by atoms with van der Waals surface area (Å²) in [6.07, 6.45) is 0. The molecule has 5 nitrogen and oxygen atoms in total. The molecule has 0 aliphatic heterocycles. The zero-order chi connectivity index (χ0) is 5.58. The smallest absolute Gasteiger partial charge is 0.672 e. The molecular weight excluding hydrogens is 154 g/mol. The Labute approximate surface area is 91.8 Å². The van der Waals surface area contributed by atoms with Gasteiger partial charge >= 0.3 is 59.1 Å². The fraction of sp³-hybridized carbons (Fsp3) is 0. The van der Waals surface area contributed by atoms with E-state index in [0.717, 1.165) is 0 Å². The van der Waals surface area contributed by atoms with E-state index in [2.05, 4.69) is 0 Å². The molecule has 0 amide bonds. The Morgan fingerprint density at radius 3 is 1.12 bits per heavy atom. The van der Waals surface area contributed by atoms with Crippen molar-refractivity contribution >= 4 is 9.17 Å². The molecule has 0 aliphatic rings. The quantitative estimate of drug-likeness (QED) is 0.206. The molecule has 38 valence electrons. The topological polar surface area (TPSA) is 104 Å². The van der Waals surface area contributed by atoms with Gasteiger partial charge in [-0.2, -0.15) is 0 Å². The summed E-state index contributed by atoms with van der Waals surface area (Å²) < 4.78 is 8.52. The van der Waals surface area contributed by atoms with Gasteiger partial charge in [-0.25, -0.2) is 0 Å². The average molecular weight is 156 g/mol. The van der Waals surface area contributed by atoms with Gasteiger partial charge in [-0.3, -0.25) is 10.5 Å². The molecule has 0 aliphatic carbocycles. The zero-order valence-corrected chi connectivity index (χ0v) is 9.62. The maximum atomic E-state index is 8.52. The SMILES string of the molecule is O=[Si]([O-])[O-].OO.[Na+].[Na+]. The Kier molecular flexibility index (Phi) is 66.8. The summed E-state index contributed by atoms with van der Waals surface area (Å²) in [4.78, 5) is 17.0. The molecule has 0 heterocycles. The van der Waals surface area contributed by atoms with Crippen molar-refractivity contribution in [3.63, 3.8) is 0 Å². The van der Waals surface area contributed by atoms with Crippen LogP contribution in [0, 0.1) is 0 Å². The summed E-state index contributed by atoms with van der Waals surface area (Å²) in [5, 5.41) is 12.0. The van der Waals surface area contributed by atoms with Crippen LogP contribution < -0.4 is 68.7 Å². The van der Waals surface area contributed by atoms with E-state index >= 15 is 0 Å². The van der Waals surface area contributed by atoms with Crippen LogP contribution in [0.1, 0.15) is 0 Å². The molecule has 0 spiro atoms. The van der Waals surface area contributed by atoms with Crippen molar-refractivity contribution in [2.24, 2.45) is 0 Å². The molecule has 2 N–H and O–H groups in total. The molecule has 0 aromatic rings. The van der Waals surface area contributed by atoms with Gasteiger partial charge in [0.05, 0.1) is 0 Å². The van der Waals surface area contributed by atoms with Gasteiger partial charge in [0.25, 0.3) is 0 Å². The van der Waals surface area contributed by atoms with Gasteiger partial charge in [0.2, 0.25) is 0 Å². The monoisotopic (exact) mass is 156 g/mol. The summed E-state index contributed by atoms with van der Waals surface area (Å²) in [7, 11) is -3.63. The van der Waals surface area contributed by atoms with Gasteiger partial charge in [0.15, 0.2) is 0 Å². The Morgan fingerprint density at radius 2 is 1.12 bits per heavy atom. The number of hydrogen-bond acceptors (Lipinski definition) is 5. The Morgan fingerprint density at radius 1 is 1.12 bits per heavy atom. The van der Waals surface area contributed by atoms with Crippen LogP contribution in [-0.4, -0.2) is 19.7 Å². The van der Waals surface area contributed by atoms with Gasteiger partial charge in [-0.05, 0) is 0 Å². The molecule has 0 unspecified atom stereocenters. The molecular formula is H2Na2O5Si. The van der Waals surface area contributed by atoms with Crippen LogP contribution in [-0.2, 0) is 4.46 Å². The van der Waals surface area contributed by atoms with Crippen molar-refractivity contribution in [1.29, 1.82) is 0 Å².